The zero-order valence-corrected chi connectivity index (χ0v) is 8.72. The molecule has 1 rings (SSSR count). The first-order chi connectivity index (χ1) is 5.65. The lowest BCUT2D eigenvalue weighted by atomic mass is 9.71. The Balaban J connectivity index is 2.40. The molecular weight excluding hydrogens is 146 g/mol. The lowest BCUT2D eigenvalue weighted by molar-refractivity contribution is 0.164. The number of hydrogen-bond donors (Lipinski definition) is 1. The van der Waals surface area contributed by atoms with Crippen molar-refractivity contribution in [1.82, 2.24) is 0 Å². The summed E-state index contributed by atoms with van der Waals surface area (Å²) in [6.07, 6.45) is 4.17. The molecule has 0 aromatic carbocycles. The molecule has 1 fully saturated rings. The van der Waals surface area contributed by atoms with E-state index in [1.165, 1.54) is 19.3 Å². The molecule has 1 aliphatic carbocycles. The Labute approximate surface area is 76.7 Å². The van der Waals surface area contributed by atoms with E-state index >= 15 is 0 Å². The summed E-state index contributed by atoms with van der Waals surface area (Å²) in [4.78, 5) is 0. The SMILES string of the molecule is CC(C)C1CCC(CN)C(C)C1. The molecule has 0 saturated heterocycles. The van der Waals surface area contributed by atoms with Gasteiger partial charge in [0.05, 0.1) is 0 Å². The van der Waals surface area contributed by atoms with Crippen molar-refractivity contribution in [3.8, 4) is 0 Å². The summed E-state index contributed by atoms with van der Waals surface area (Å²) < 4.78 is 0. The molecule has 12 heavy (non-hydrogen) atoms. The van der Waals surface area contributed by atoms with Crippen LogP contribution in [0.2, 0.25) is 0 Å². The van der Waals surface area contributed by atoms with Crippen molar-refractivity contribution in [1.29, 1.82) is 0 Å². The van der Waals surface area contributed by atoms with E-state index in [2.05, 4.69) is 20.8 Å². The molecule has 2 N–H and O–H groups in total. The summed E-state index contributed by atoms with van der Waals surface area (Å²) in [5, 5.41) is 0. The average molecular weight is 169 g/mol. The van der Waals surface area contributed by atoms with Crippen molar-refractivity contribution in [2.75, 3.05) is 6.54 Å². The second-order valence-corrected chi connectivity index (χ2v) is 4.79. The average Bonchev–Trinajstić information content (AvgIpc) is 2.04. The minimum Gasteiger partial charge on any atom is -0.330 e. The minimum atomic E-state index is 0.806. The molecule has 3 atom stereocenters. The fourth-order valence-corrected chi connectivity index (χ4v) is 2.46. The second-order valence-electron chi connectivity index (χ2n) is 4.79. The summed E-state index contributed by atoms with van der Waals surface area (Å²) in [6, 6.07) is 0. The standard InChI is InChI=1S/C11H23N/c1-8(2)10-4-5-11(7-12)9(3)6-10/h8-11H,4-7,12H2,1-3H3. The molecule has 72 valence electrons. The molecule has 1 aliphatic rings. The van der Waals surface area contributed by atoms with Gasteiger partial charge in [0.1, 0.15) is 0 Å². The van der Waals surface area contributed by atoms with Crippen LogP contribution in [0.15, 0.2) is 0 Å². The Morgan fingerprint density at radius 1 is 1.33 bits per heavy atom. The maximum absolute atomic E-state index is 5.72. The first-order valence-electron chi connectivity index (χ1n) is 5.35. The molecule has 1 heteroatoms. The smallest absolute Gasteiger partial charge is 0.00463 e. The van der Waals surface area contributed by atoms with Crippen LogP contribution < -0.4 is 5.73 Å². The molecule has 0 aliphatic heterocycles. The molecule has 0 heterocycles. The molecular formula is C11H23N. The Kier molecular flexibility index (Phi) is 3.57. The van der Waals surface area contributed by atoms with Gasteiger partial charge in [0.15, 0.2) is 0 Å². The molecule has 0 bridgehead atoms. The number of nitrogens with two attached hydrogens (primary N) is 1. The van der Waals surface area contributed by atoms with Gasteiger partial charge in [-0.15, -0.1) is 0 Å². The molecule has 0 aromatic rings. The van der Waals surface area contributed by atoms with Crippen LogP contribution in [0.25, 0.3) is 0 Å². The normalized spacial score (nSPS) is 37.2. The quantitative estimate of drug-likeness (QED) is 0.675. The van der Waals surface area contributed by atoms with Gasteiger partial charge in [0.25, 0.3) is 0 Å². The van der Waals surface area contributed by atoms with Crippen LogP contribution >= 0.6 is 0 Å². The monoisotopic (exact) mass is 169 g/mol. The fourth-order valence-electron chi connectivity index (χ4n) is 2.46. The minimum absolute atomic E-state index is 0.806. The zero-order valence-electron chi connectivity index (χ0n) is 8.72. The Morgan fingerprint density at radius 2 is 2.00 bits per heavy atom. The van der Waals surface area contributed by atoms with Crippen LogP contribution in [0.3, 0.4) is 0 Å². The van der Waals surface area contributed by atoms with Gasteiger partial charge >= 0.3 is 0 Å². The first kappa shape index (κ1) is 10.0. The molecule has 0 radical (unpaired) electrons. The number of rotatable bonds is 2. The highest BCUT2D eigenvalue weighted by Gasteiger charge is 2.27. The van der Waals surface area contributed by atoms with E-state index < -0.39 is 0 Å². The maximum Gasteiger partial charge on any atom is -0.00463 e. The van der Waals surface area contributed by atoms with Crippen LogP contribution in [0.5, 0.6) is 0 Å². The summed E-state index contributed by atoms with van der Waals surface area (Å²) >= 11 is 0. The van der Waals surface area contributed by atoms with E-state index in [0.717, 1.165) is 30.2 Å². The molecule has 1 saturated carbocycles. The van der Waals surface area contributed by atoms with Gasteiger partial charge in [0, 0.05) is 0 Å². The van der Waals surface area contributed by atoms with Crippen LogP contribution in [0, 0.1) is 23.7 Å². The topological polar surface area (TPSA) is 26.0 Å². The summed E-state index contributed by atoms with van der Waals surface area (Å²) in [7, 11) is 0. The lowest BCUT2D eigenvalue weighted by Crippen LogP contribution is -2.30. The molecule has 1 nitrogen and oxygen atoms in total. The van der Waals surface area contributed by atoms with E-state index in [9.17, 15) is 0 Å². The van der Waals surface area contributed by atoms with Crippen LogP contribution in [0.1, 0.15) is 40.0 Å². The van der Waals surface area contributed by atoms with E-state index in [1.807, 2.05) is 0 Å². The van der Waals surface area contributed by atoms with Crippen molar-refractivity contribution in [2.45, 2.75) is 40.0 Å². The summed E-state index contributed by atoms with van der Waals surface area (Å²) in [5.74, 6) is 3.49. The largest absolute Gasteiger partial charge is 0.330 e. The maximum atomic E-state index is 5.72. The van der Waals surface area contributed by atoms with Crippen molar-refractivity contribution in [3.05, 3.63) is 0 Å². The third-order valence-electron chi connectivity index (χ3n) is 3.63. The van der Waals surface area contributed by atoms with Crippen molar-refractivity contribution in [3.63, 3.8) is 0 Å². The molecule has 0 aromatic heterocycles. The highest BCUT2D eigenvalue weighted by Crippen LogP contribution is 2.36. The lowest BCUT2D eigenvalue weighted by Gasteiger charge is -2.35. The van der Waals surface area contributed by atoms with E-state index in [4.69, 9.17) is 5.73 Å². The van der Waals surface area contributed by atoms with Gasteiger partial charge in [0.2, 0.25) is 0 Å². The summed E-state index contributed by atoms with van der Waals surface area (Å²) in [5.41, 5.74) is 5.72. The fraction of sp³-hybridized carbons (Fsp3) is 1.00. The third-order valence-corrected chi connectivity index (χ3v) is 3.63. The molecule has 0 amide bonds. The zero-order chi connectivity index (χ0) is 9.14. The van der Waals surface area contributed by atoms with Gasteiger partial charge in [-0.05, 0) is 49.5 Å². The van der Waals surface area contributed by atoms with Gasteiger partial charge in [-0.2, -0.15) is 0 Å². The van der Waals surface area contributed by atoms with E-state index in [1.54, 1.807) is 0 Å². The predicted octanol–water partition coefficient (Wildman–Crippen LogP) is 2.65. The van der Waals surface area contributed by atoms with Gasteiger partial charge in [-0.25, -0.2) is 0 Å². The van der Waals surface area contributed by atoms with Crippen molar-refractivity contribution in [2.24, 2.45) is 29.4 Å². The Hall–Kier alpha value is -0.0400. The summed E-state index contributed by atoms with van der Waals surface area (Å²) in [6.45, 7) is 7.96. The highest BCUT2D eigenvalue weighted by atomic mass is 14.6. The molecule has 0 spiro atoms. The van der Waals surface area contributed by atoms with Crippen molar-refractivity contribution >= 4 is 0 Å². The first-order valence-corrected chi connectivity index (χ1v) is 5.35. The third kappa shape index (κ3) is 2.22. The van der Waals surface area contributed by atoms with Crippen LogP contribution in [0.4, 0.5) is 0 Å². The van der Waals surface area contributed by atoms with Crippen molar-refractivity contribution < 1.29 is 0 Å². The predicted molar refractivity (Wildman–Crippen MR) is 53.9 cm³/mol. The molecule has 3 unspecified atom stereocenters. The highest BCUT2D eigenvalue weighted by molar-refractivity contribution is 4.79. The Bertz CT molecular complexity index is 131. The number of hydrogen-bond acceptors (Lipinski definition) is 1. The Morgan fingerprint density at radius 3 is 2.42 bits per heavy atom. The van der Waals surface area contributed by atoms with E-state index in [0.29, 0.717) is 0 Å². The van der Waals surface area contributed by atoms with Crippen LogP contribution in [-0.4, -0.2) is 6.54 Å². The van der Waals surface area contributed by atoms with Gasteiger partial charge in [-0.3, -0.25) is 0 Å². The second kappa shape index (κ2) is 4.27. The van der Waals surface area contributed by atoms with E-state index in [-0.39, 0.29) is 0 Å². The van der Waals surface area contributed by atoms with Crippen LogP contribution in [-0.2, 0) is 0 Å². The van der Waals surface area contributed by atoms with Gasteiger partial charge in [-0.1, -0.05) is 20.8 Å². The van der Waals surface area contributed by atoms with Gasteiger partial charge < -0.3 is 5.73 Å².